The van der Waals surface area contributed by atoms with Crippen LogP contribution in [0.5, 0.6) is 11.5 Å². The van der Waals surface area contributed by atoms with E-state index in [0.717, 1.165) is 24.3 Å². The van der Waals surface area contributed by atoms with E-state index in [2.05, 4.69) is 0 Å². The summed E-state index contributed by atoms with van der Waals surface area (Å²) in [4.78, 5) is 0. The molecule has 0 amide bonds. The Hall–Kier alpha value is -1.22. The zero-order valence-corrected chi connectivity index (χ0v) is 8.19. The first-order valence-electron chi connectivity index (χ1n) is 4.76. The number of aromatic hydroxyl groups is 1. The summed E-state index contributed by atoms with van der Waals surface area (Å²) >= 11 is 0. The highest BCUT2D eigenvalue weighted by atomic mass is 16.5. The lowest BCUT2D eigenvalue weighted by Crippen LogP contribution is -2.17. The second-order valence-corrected chi connectivity index (χ2v) is 3.51. The summed E-state index contributed by atoms with van der Waals surface area (Å²) in [6.07, 6.45) is 0.949. The maximum absolute atomic E-state index is 9.38. The third-order valence-electron chi connectivity index (χ3n) is 2.52. The van der Waals surface area contributed by atoms with Gasteiger partial charge in [0.1, 0.15) is 11.5 Å². The van der Waals surface area contributed by atoms with Crippen molar-refractivity contribution in [3.05, 3.63) is 23.8 Å². The van der Waals surface area contributed by atoms with Gasteiger partial charge in [0.15, 0.2) is 0 Å². The summed E-state index contributed by atoms with van der Waals surface area (Å²) < 4.78 is 10.6. The topological polar surface area (TPSA) is 38.7 Å². The zero-order valence-electron chi connectivity index (χ0n) is 8.19. The summed E-state index contributed by atoms with van der Waals surface area (Å²) in [7, 11) is 1.69. The number of hydrogen-bond acceptors (Lipinski definition) is 3. The fourth-order valence-electron chi connectivity index (χ4n) is 1.83. The fraction of sp³-hybridized carbons (Fsp3) is 0.455. The quantitative estimate of drug-likeness (QED) is 0.781. The van der Waals surface area contributed by atoms with Gasteiger partial charge < -0.3 is 14.6 Å². The largest absolute Gasteiger partial charge is 0.508 e. The summed E-state index contributed by atoms with van der Waals surface area (Å²) in [5.74, 6) is 1.50. The first-order valence-corrected chi connectivity index (χ1v) is 4.76. The Morgan fingerprint density at radius 3 is 3.21 bits per heavy atom. The summed E-state index contributed by atoms with van der Waals surface area (Å²) in [5.41, 5.74) is 1.05. The lowest BCUT2D eigenvalue weighted by Gasteiger charge is -2.25. The minimum absolute atomic E-state index is 0.287. The van der Waals surface area contributed by atoms with Crippen LogP contribution in [0.25, 0.3) is 0 Å². The molecule has 1 N–H and O–H groups in total. The molecule has 0 spiro atoms. The van der Waals surface area contributed by atoms with Crippen molar-refractivity contribution in [2.24, 2.45) is 0 Å². The van der Waals surface area contributed by atoms with Crippen molar-refractivity contribution < 1.29 is 14.6 Å². The van der Waals surface area contributed by atoms with Crippen molar-refractivity contribution in [2.45, 2.75) is 12.3 Å². The number of hydrogen-bond donors (Lipinski definition) is 1. The van der Waals surface area contributed by atoms with Gasteiger partial charge in [-0.05, 0) is 24.6 Å². The Morgan fingerprint density at radius 2 is 2.43 bits per heavy atom. The van der Waals surface area contributed by atoms with E-state index in [0.29, 0.717) is 12.5 Å². The molecule has 0 saturated heterocycles. The molecule has 1 unspecified atom stereocenters. The Balaban J connectivity index is 2.32. The molecule has 3 nitrogen and oxygen atoms in total. The molecule has 0 saturated carbocycles. The van der Waals surface area contributed by atoms with Crippen molar-refractivity contribution in [1.29, 1.82) is 0 Å². The predicted molar refractivity (Wildman–Crippen MR) is 52.8 cm³/mol. The third-order valence-corrected chi connectivity index (χ3v) is 2.52. The number of benzene rings is 1. The number of fused-ring (bicyclic) bond motifs is 1. The number of ether oxygens (including phenoxy) is 2. The van der Waals surface area contributed by atoms with Crippen LogP contribution in [0.3, 0.4) is 0 Å². The molecule has 1 aliphatic heterocycles. The number of phenols is 1. The van der Waals surface area contributed by atoms with Crippen LogP contribution in [0.2, 0.25) is 0 Å². The van der Waals surface area contributed by atoms with Gasteiger partial charge in [-0.1, -0.05) is 0 Å². The minimum atomic E-state index is 0.287. The molecule has 3 heteroatoms. The molecule has 14 heavy (non-hydrogen) atoms. The van der Waals surface area contributed by atoms with Crippen LogP contribution in [0.4, 0.5) is 0 Å². The minimum Gasteiger partial charge on any atom is -0.508 e. The molecule has 0 aliphatic carbocycles. The second kappa shape index (κ2) is 3.88. The zero-order chi connectivity index (χ0) is 9.97. The van der Waals surface area contributed by atoms with E-state index < -0.39 is 0 Å². The number of phenolic OH excluding ortho intramolecular Hbond substituents is 1. The molecule has 1 aromatic rings. The molecule has 1 aliphatic rings. The van der Waals surface area contributed by atoms with Gasteiger partial charge in [0.2, 0.25) is 0 Å². The summed E-state index contributed by atoms with van der Waals surface area (Å²) in [5, 5.41) is 9.38. The van der Waals surface area contributed by atoms with Gasteiger partial charge in [0.25, 0.3) is 0 Å². The van der Waals surface area contributed by atoms with Gasteiger partial charge in [0, 0.05) is 18.6 Å². The SMILES string of the molecule is COCC1CCOc2ccc(O)cc21. The molecule has 0 radical (unpaired) electrons. The van der Waals surface area contributed by atoms with Crippen molar-refractivity contribution in [3.63, 3.8) is 0 Å². The van der Waals surface area contributed by atoms with Gasteiger partial charge in [-0.15, -0.1) is 0 Å². The van der Waals surface area contributed by atoms with Gasteiger partial charge in [-0.3, -0.25) is 0 Å². The smallest absolute Gasteiger partial charge is 0.123 e. The molecule has 0 aromatic heterocycles. The van der Waals surface area contributed by atoms with E-state index in [9.17, 15) is 5.11 Å². The first-order chi connectivity index (χ1) is 6.81. The summed E-state index contributed by atoms with van der Waals surface area (Å²) in [6, 6.07) is 5.22. The molecule has 2 rings (SSSR count). The normalized spacial score (nSPS) is 19.9. The van der Waals surface area contributed by atoms with Crippen molar-refractivity contribution in [3.8, 4) is 11.5 Å². The standard InChI is InChI=1S/C11H14O3/c1-13-7-8-4-5-14-11-3-2-9(12)6-10(8)11/h2-3,6,8,12H,4-5,7H2,1H3. The molecule has 1 aromatic carbocycles. The highest BCUT2D eigenvalue weighted by Crippen LogP contribution is 2.35. The molecule has 1 heterocycles. The molecule has 0 fully saturated rings. The van der Waals surface area contributed by atoms with Crippen molar-refractivity contribution >= 4 is 0 Å². The van der Waals surface area contributed by atoms with E-state index >= 15 is 0 Å². The van der Waals surface area contributed by atoms with Crippen LogP contribution in [0.1, 0.15) is 17.9 Å². The monoisotopic (exact) mass is 194 g/mol. The van der Waals surface area contributed by atoms with Crippen LogP contribution < -0.4 is 4.74 Å². The van der Waals surface area contributed by atoms with Crippen LogP contribution in [0, 0.1) is 0 Å². The van der Waals surface area contributed by atoms with E-state index in [1.807, 2.05) is 6.07 Å². The van der Waals surface area contributed by atoms with Gasteiger partial charge in [-0.25, -0.2) is 0 Å². The van der Waals surface area contributed by atoms with Crippen LogP contribution in [-0.4, -0.2) is 25.4 Å². The molecule has 1 atom stereocenters. The predicted octanol–water partition coefficient (Wildman–Crippen LogP) is 1.90. The van der Waals surface area contributed by atoms with Crippen molar-refractivity contribution in [2.75, 3.05) is 20.3 Å². The number of methoxy groups -OCH3 is 1. The van der Waals surface area contributed by atoms with Gasteiger partial charge in [-0.2, -0.15) is 0 Å². The Morgan fingerprint density at radius 1 is 1.57 bits per heavy atom. The van der Waals surface area contributed by atoms with Crippen LogP contribution >= 0.6 is 0 Å². The average Bonchev–Trinajstić information content (AvgIpc) is 2.19. The fourth-order valence-corrected chi connectivity index (χ4v) is 1.83. The maximum atomic E-state index is 9.38. The van der Waals surface area contributed by atoms with Crippen LogP contribution in [0.15, 0.2) is 18.2 Å². The Bertz CT molecular complexity index is 322. The molecular formula is C11H14O3. The lowest BCUT2D eigenvalue weighted by atomic mass is 9.94. The van der Waals surface area contributed by atoms with E-state index in [1.54, 1.807) is 19.2 Å². The molecular weight excluding hydrogens is 180 g/mol. The van der Waals surface area contributed by atoms with E-state index in [4.69, 9.17) is 9.47 Å². The first kappa shape index (κ1) is 9.34. The maximum Gasteiger partial charge on any atom is 0.123 e. The van der Waals surface area contributed by atoms with E-state index in [1.165, 1.54) is 0 Å². The highest BCUT2D eigenvalue weighted by Gasteiger charge is 2.21. The Labute approximate surface area is 83.3 Å². The third kappa shape index (κ3) is 1.68. The lowest BCUT2D eigenvalue weighted by molar-refractivity contribution is 0.153. The molecule has 76 valence electrons. The van der Waals surface area contributed by atoms with Gasteiger partial charge in [0.05, 0.1) is 13.2 Å². The Kier molecular flexibility index (Phi) is 2.59. The summed E-state index contributed by atoms with van der Waals surface area (Å²) in [6.45, 7) is 1.41. The average molecular weight is 194 g/mol. The highest BCUT2D eigenvalue weighted by molar-refractivity contribution is 5.43. The van der Waals surface area contributed by atoms with Gasteiger partial charge >= 0.3 is 0 Å². The van der Waals surface area contributed by atoms with Crippen LogP contribution in [-0.2, 0) is 4.74 Å². The van der Waals surface area contributed by atoms with E-state index in [-0.39, 0.29) is 5.75 Å². The van der Waals surface area contributed by atoms with Crippen molar-refractivity contribution in [1.82, 2.24) is 0 Å². The second-order valence-electron chi connectivity index (χ2n) is 3.51. The molecule has 0 bridgehead atoms. The number of rotatable bonds is 2.